The Bertz CT molecular complexity index is 869. The van der Waals surface area contributed by atoms with Crippen LogP contribution < -0.4 is 20.1 Å². The van der Waals surface area contributed by atoms with Gasteiger partial charge in [0.2, 0.25) is 5.91 Å². The minimum atomic E-state index is -0.247. The number of nitrogens with one attached hydrogen (secondary N) is 2. The zero-order chi connectivity index (χ0) is 19.3. The molecule has 146 valence electrons. The average Bonchev–Trinajstić information content (AvgIpc) is 3.54. The van der Waals surface area contributed by atoms with Crippen LogP contribution in [0.5, 0.6) is 11.5 Å². The van der Waals surface area contributed by atoms with Gasteiger partial charge in [-0.05, 0) is 37.1 Å². The fraction of sp³-hybridized carbons (Fsp3) is 0.333. The molecular formula is C21H22N2O4S. The molecule has 1 unspecified atom stereocenters. The topological polar surface area (TPSA) is 76.7 Å². The fourth-order valence-corrected chi connectivity index (χ4v) is 3.75. The third-order valence-electron chi connectivity index (χ3n) is 4.49. The van der Waals surface area contributed by atoms with Gasteiger partial charge in [0, 0.05) is 10.9 Å². The predicted octanol–water partition coefficient (Wildman–Crippen LogP) is 2.63. The largest absolute Gasteiger partial charge is 0.486 e. The molecule has 7 heteroatoms. The molecule has 2 aromatic rings. The van der Waals surface area contributed by atoms with Crippen LogP contribution in [-0.4, -0.2) is 42.9 Å². The van der Waals surface area contributed by atoms with Gasteiger partial charge in [0.25, 0.3) is 5.91 Å². The molecule has 2 aromatic carbocycles. The number of rotatable bonds is 7. The van der Waals surface area contributed by atoms with Gasteiger partial charge in [-0.3, -0.25) is 9.59 Å². The summed E-state index contributed by atoms with van der Waals surface area (Å²) >= 11 is 1.38. The Balaban J connectivity index is 1.31. The lowest BCUT2D eigenvalue weighted by molar-refractivity contribution is -0.118. The number of para-hydroxylation sites is 2. The molecule has 2 N–H and O–H groups in total. The second kappa shape index (κ2) is 8.56. The van der Waals surface area contributed by atoms with Crippen molar-refractivity contribution in [3.8, 4) is 11.5 Å². The van der Waals surface area contributed by atoms with Crippen LogP contribution in [0.15, 0.2) is 53.4 Å². The molecule has 1 aliphatic carbocycles. The number of carbonyl (C=O) groups is 2. The van der Waals surface area contributed by atoms with Crippen LogP contribution in [0.2, 0.25) is 0 Å². The van der Waals surface area contributed by atoms with Crippen LogP contribution in [0.1, 0.15) is 23.2 Å². The third-order valence-corrected chi connectivity index (χ3v) is 5.56. The van der Waals surface area contributed by atoms with Gasteiger partial charge in [-0.1, -0.05) is 24.3 Å². The second-order valence-corrected chi connectivity index (χ2v) is 7.85. The highest BCUT2D eigenvalue weighted by Crippen LogP contribution is 2.30. The molecule has 6 nitrogen and oxygen atoms in total. The Morgan fingerprint density at radius 3 is 2.61 bits per heavy atom. The van der Waals surface area contributed by atoms with Crippen molar-refractivity contribution in [1.29, 1.82) is 0 Å². The Morgan fingerprint density at radius 2 is 1.79 bits per heavy atom. The molecule has 0 aromatic heterocycles. The van der Waals surface area contributed by atoms with Crippen LogP contribution in [-0.2, 0) is 4.79 Å². The smallest absolute Gasteiger partial charge is 0.252 e. The molecule has 2 amide bonds. The van der Waals surface area contributed by atoms with E-state index in [0.29, 0.717) is 36.3 Å². The number of hydrogen-bond acceptors (Lipinski definition) is 5. The molecule has 4 rings (SSSR count). The highest BCUT2D eigenvalue weighted by Gasteiger charge is 2.24. The number of benzene rings is 2. The maximum Gasteiger partial charge on any atom is 0.252 e. The van der Waals surface area contributed by atoms with Crippen LogP contribution >= 0.6 is 11.8 Å². The van der Waals surface area contributed by atoms with E-state index in [1.54, 1.807) is 6.07 Å². The Labute approximate surface area is 168 Å². The van der Waals surface area contributed by atoms with E-state index in [1.165, 1.54) is 11.8 Å². The fourth-order valence-electron chi connectivity index (χ4n) is 2.89. The van der Waals surface area contributed by atoms with Gasteiger partial charge in [-0.25, -0.2) is 0 Å². The summed E-state index contributed by atoms with van der Waals surface area (Å²) in [7, 11) is 0. The van der Waals surface area contributed by atoms with Gasteiger partial charge in [-0.2, -0.15) is 0 Å². The molecular weight excluding hydrogens is 376 g/mol. The molecule has 1 saturated carbocycles. The lowest BCUT2D eigenvalue weighted by Crippen LogP contribution is -2.40. The normalized spacial score (nSPS) is 17.6. The molecule has 1 atom stereocenters. The molecule has 0 spiro atoms. The van der Waals surface area contributed by atoms with Gasteiger partial charge in [0.15, 0.2) is 11.5 Å². The van der Waals surface area contributed by atoms with Crippen LogP contribution in [0.4, 0.5) is 0 Å². The van der Waals surface area contributed by atoms with Crippen molar-refractivity contribution in [2.24, 2.45) is 0 Å². The second-order valence-electron chi connectivity index (χ2n) is 6.83. The Kier molecular flexibility index (Phi) is 5.71. The average molecular weight is 398 g/mol. The number of amides is 2. The first-order valence-corrected chi connectivity index (χ1v) is 10.4. The van der Waals surface area contributed by atoms with Crippen molar-refractivity contribution in [2.75, 3.05) is 18.9 Å². The van der Waals surface area contributed by atoms with Gasteiger partial charge in [-0.15, -0.1) is 11.8 Å². The van der Waals surface area contributed by atoms with Crippen molar-refractivity contribution in [2.45, 2.75) is 29.9 Å². The maximum atomic E-state index is 12.7. The summed E-state index contributed by atoms with van der Waals surface area (Å²) < 4.78 is 11.5. The lowest BCUT2D eigenvalue weighted by Gasteiger charge is -2.26. The summed E-state index contributed by atoms with van der Waals surface area (Å²) in [6.45, 7) is 0.726. The maximum absolute atomic E-state index is 12.7. The summed E-state index contributed by atoms with van der Waals surface area (Å²) in [6, 6.07) is 15.1. The molecule has 0 bridgehead atoms. The van der Waals surface area contributed by atoms with E-state index < -0.39 is 0 Å². The Morgan fingerprint density at radius 1 is 1.04 bits per heavy atom. The Hall–Kier alpha value is -2.67. The zero-order valence-corrected chi connectivity index (χ0v) is 16.2. The molecule has 28 heavy (non-hydrogen) atoms. The summed E-state index contributed by atoms with van der Waals surface area (Å²) in [6.07, 6.45) is 1.88. The molecule has 1 heterocycles. The number of hydrogen-bond donors (Lipinski definition) is 2. The molecule has 1 aliphatic heterocycles. The monoisotopic (exact) mass is 398 g/mol. The first-order valence-electron chi connectivity index (χ1n) is 9.37. The van der Waals surface area contributed by atoms with E-state index in [9.17, 15) is 9.59 Å². The molecule has 1 fully saturated rings. The number of fused-ring (bicyclic) bond motifs is 1. The minimum Gasteiger partial charge on any atom is -0.486 e. The number of thioether (sulfide) groups is 1. The van der Waals surface area contributed by atoms with E-state index in [-0.39, 0.29) is 17.9 Å². The SMILES string of the molecule is O=C(CSc1ccccc1C(=O)NCC1COc2ccccc2O1)NC1CC1. The van der Waals surface area contributed by atoms with E-state index in [1.807, 2.05) is 42.5 Å². The van der Waals surface area contributed by atoms with Crippen LogP contribution in [0.25, 0.3) is 0 Å². The van der Waals surface area contributed by atoms with Crippen LogP contribution in [0.3, 0.4) is 0 Å². The van der Waals surface area contributed by atoms with Crippen molar-refractivity contribution in [1.82, 2.24) is 10.6 Å². The lowest BCUT2D eigenvalue weighted by atomic mass is 10.2. The first-order chi connectivity index (χ1) is 13.7. The molecule has 0 radical (unpaired) electrons. The van der Waals surface area contributed by atoms with Crippen molar-refractivity contribution >= 4 is 23.6 Å². The van der Waals surface area contributed by atoms with Gasteiger partial charge < -0.3 is 20.1 Å². The van der Waals surface area contributed by atoms with E-state index >= 15 is 0 Å². The zero-order valence-electron chi connectivity index (χ0n) is 15.4. The summed E-state index contributed by atoms with van der Waals surface area (Å²) in [5.41, 5.74) is 0.559. The summed E-state index contributed by atoms with van der Waals surface area (Å²) in [5.74, 6) is 1.53. The van der Waals surface area contributed by atoms with Crippen molar-refractivity contribution in [3.63, 3.8) is 0 Å². The van der Waals surface area contributed by atoms with E-state index in [4.69, 9.17) is 9.47 Å². The quantitative estimate of drug-likeness (QED) is 0.701. The van der Waals surface area contributed by atoms with Crippen molar-refractivity contribution in [3.05, 3.63) is 54.1 Å². The number of ether oxygens (including phenoxy) is 2. The predicted molar refractivity (Wildman–Crippen MR) is 107 cm³/mol. The number of carbonyl (C=O) groups excluding carboxylic acids is 2. The van der Waals surface area contributed by atoms with E-state index in [0.717, 1.165) is 23.5 Å². The molecule has 2 aliphatic rings. The first kappa shape index (κ1) is 18.7. The van der Waals surface area contributed by atoms with E-state index in [2.05, 4.69) is 10.6 Å². The summed E-state index contributed by atoms with van der Waals surface area (Å²) in [4.78, 5) is 25.4. The highest BCUT2D eigenvalue weighted by atomic mass is 32.2. The van der Waals surface area contributed by atoms with Gasteiger partial charge in [0.05, 0.1) is 17.9 Å². The van der Waals surface area contributed by atoms with Crippen molar-refractivity contribution < 1.29 is 19.1 Å². The molecule has 0 saturated heterocycles. The van der Waals surface area contributed by atoms with Gasteiger partial charge >= 0.3 is 0 Å². The summed E-state index contributed by atoms with van der Waals surface area (Å²) in [5, 5.41) is 5.87. The third kappa shape index (κ3) is 4.78. The minimum absolute atomic E-state index is 0.00845. The van der Waals surface area contributed by atoms with Gasteiger partial charge in [0.1, 0.15) is 12.7 Å². The van der Waals surface area contributed by atoms with Crippen LogP contribution in [0, 0.1) is 0 Å². The standard InChI is InChI=1S/C21H22N2O4S/c24-20(23-14-9-10-14)13-28-19-8-4-1-5-16(19)21(25)22-11-15-12-26-17-6-2-3-7-18(17)27-15/h1-8,14-15H,9-13H2,(H,22,25)(H,23,24). The highest BCUT2D eigenvalue weighted by molar-refractivity contribution is 8.00.